The van der Waals surface area contributed by atoms with E-state index in [1.165, 1.54) is 0 Å². The highest BCUT2D eigenvalue weighted by Gasteiger charge is 2.27. The number of nitrogens with one attached hydrogen (secondary N) is 1. The Morgan fingerprint density at radius 1 is 1.21 bits per heavy atom. The van der Waals surface area contributed by atoms with Gasteiger partial charge < -0.3 is 23.7 Å². The average Bonchev–Trinajstić information content (AvgIpc) is 3.03. The SMILES string of the molecule is Cc1cc(C2COc3ccccc3O2)oc(=O)c1C(=O)NCc1c(C)noc1C. The van der Waals surface area contributed by atoms with E-state index in [1.807, 2.05) is 12.1 Å². The molecule has 0 fully saturated rings. The molecule has 0 radical (unpaired) electrons. The average molecular weight is 396 g/mol. The molecule has 0 saturated heterocycles. The molecule has 8 nitrogen and oxygen atoms in total. The number of carbonyl (C=O) groups excluding carboxylic acids is 1. The minimum Gasteiger partial charge on any atom is -0.485 e. The Labute approximate surface area is 166 Å². The van der Waals surface area contributed by atoms with E-state index in [0.717, 1.165) is 5.56 Å². The van der Waals surface area contributed by atoms with Crippen LogP contribution < -0.4 is 20.4 Å². The van der Waals surface area contributed by atoms with Crippen molar-refractivity contribution in [3.63, 3.8) is 0 Å². The van der Waals surface area contributed by atoms with E-state index >= 15 is 0 Å². The Balaban J connectivity index is 1.53. The van der Waals surface area contributed by atoms with Crippen LogP contribution in [0.4, 0.5) is 0 Å². The van der Waals surface area contributed by atoms with Gasteiger partial charge in [-0.15, -0.1) is 0 Å². The summed E-state index contributed by atoms with van der Waals surface area (Å²) in [6.07, 6.45) is -0.573. The molecule has 0 bridgehead atoms. The number of hydrogen-bond acceptors (Lipinski definition) is 7. The molecule has 3 heterocycles. The summed E-state index contributed by atoms with van der Waals surface area (Å²) in [6.45, 7) is 5.65. The molecule has 0 saturated carbocycles. The number of aromatic nitrogens is 1. The van der Waals surface area contributed by atoms with Crippen LogP contribution in [0, 0.1) is 20.8 Å². The van der Waals surface area contributed by atoms with Crippen LogP contribution in [0.2, 0.25) is 0 Å². The summed E-state index contributed by atoms with van der Waals surface area (Å²) in [4.78, 5) is 25.1. The monoisotopic (exact) mass is 396 g/mol. The predicted octanol–water partition coefficient (Wildman–Crippen LogP) is 3.00. The van der Waals surface area contributed by atoms with Crippen LogP contribution in [0.5, 0.6) is 11.5 Å². The van der Waals surface area contributed by atoms with E-state index in [1.54, 1.807) is 39.0 Å². The van der Waals surface area contributed by atoms with Gasteiger partial charge in [-0.05, 0) is 44.5 Å². The van der Waals surface area contributed by atoms with Crippen molar-refractivity contribution in [3.8, 4) is 11.5 Å². The molecule has 0 spiro atoms. The van der Waals surface area contributed by atoms with Crippen molar-refractivity contribution < 1.29 is 23.2 Å². The summed E-state index contributed by atoms with van der Waals surface area (Å²) in [6, 6.07) is 8.90. The Morgan fingerprint density at radius 3 is 2.66 bits per heavy atom. The summed E-state index contributed by atoms with van der Waals surface area (Å²) in [5.41, 5.74) is 1.20. The van der Waals surface area contributed by atoms with Gasteiger partial charge in [-0.25, -0.2) is 4.79 Å². The van der Waals surface area contributed by atoms with Gasteiger partial charge >= 0.3 is 5.63 Å². The zero-order valence-electron chi connectivity index (χ0n) is 16.3. The van der Waals surface area contributed by atoms with E-state index in [-0.39, 0.29) is 18.7 Å². The van der Waals surface area contributed by atoms with Gasteiger partial charge in [0.15, 0.2) is 23.4 Å². The smallest absolute Gasteiger partial charge is 0.349 e. The van der Waals surface area contributed by atoms with E-state index in [9.17, 15) is 9.59 Å². The topological polar surface area (TPSA) is 104 Å². The Bertz CT molecular complexity index is 1110. The molecular weight excluding hydrogens is 376 g/mol. The summed E-state index contributed by atoms with van der Waals surface area (Å²) >= 11 is 0. The molecule has 8 heteroatoms. The van der Waals surface area contributed by atoms with Crippen molar-refractivity contribution in [2.75, 3.05) is 6.61 Å². The van der Waals surface area contributed by atoms with Crippen molar-refractivity contribution in [1.82, 2.24) is 10.5 Å². The Hall–Kier alpha value is -3.55. The number of amides is 1. The van der Waals surface area contributed by atoms with Gasteiger partial charge in [0, 0.05) is 12.1 Å². The first-order valence-corrected chi connectivity index (χ1v) is 9.17. The standard InChI is InChI=1S/C21H20N2O6/c1-11-8-17(18-10-26-15-6-4-5-7-16(15)27-18)28-21(25)19(11)20(24)22-9-14-12(2)23-29-13(14)3/h4-8,18H,9-10H2,1-3H3,(H,22,24). The fourth-order valence-corrected chi connectivity index (χ4v) is 3.24. The third-order valence-electron chi connectivity index (χ3n) is 4.83. The van der Waals surface area contributed by atoms with Crippen molar-refractivity contribution in [3.05, 3.63) is 74.7 Å². The van der Waals surface area contributed by atoms with E-state index < -0.39 is 17.6 Å². The second-order valence-corrected chi connectivity index (χ2v) is 6.84. The molecule has 0 aliphatic carbocycles. The molecule has 1 N–H and O–H groups in total. The number of nitrogens with zero attached hydrogens (tertiary/aromatic N) is 1. The molecule has 150 valence electrons. The fraction of sp³-hybridized carbons (Fsp3) is 0.286. The van der Waals surface area contributed by atoms with Gasteiger partial charge in [0.25, 0.3) is 5.91 Å². The quantitative estimate of drug-likeness (QED) is 0.723. The maximum atomic E-state index is 12.6. The third-order valence-corrected chi connectivity index (χ3v) is 4.83. The predicted molar refractivity (Wildman–Crippen MR) is 102 cm³/mol. The number of aryl methyl sites for hydroxylation is 3. The highest BCUT2D eigenvalue weighted by atomic mass is 16.6. The maximum absolute atomic E-state index is 12.6. The van der Waals surface area contributed by atoms with E-state index in [4.69, 9.17) is 18.4 Å². The molecule has 3 aromatic rings. The molecule has 1 aromatic carbocycles. The highest BCUT2D eigenvalue weighted by molar-refractivity contribution is 5.95. The second-order valence-electron chi connectivity index (χ2n) is 6.84. The molecule has 1 aliphatic rings. The van der Waals surface area contributed by atoms with Crippen LogP contribution in [-0.4, -0.2) is 17.7 Å². The van der Waals surface area contributed by atoms with Gasteiger partial charge in [0.05, 0.1) is 5.69 Å². The van der Waals surface area contributed by atoms with Gasteiger partial charge in [0.2, 0.25) is 0 Å². The summed E-state index contributed by atoms with van der Waals surface area (Å²) in [5.74, 6) is 1.62. The summed E-state index contributed by atoms with van der Waals surface area (Å²) in [5, 5.41) is 6.57. The van der Waals surface area contributed by atoms with E-state index in [2.05, 4.69) is 10.5 Å². The van der Waals surface area contributed by atoms with Crippen LogP contribution in [0.3, 0.4) is 0 Å². The Kier molecular flexibility index (Phi) is 4.84. The minimum absolute atomic E-state index is 0.0439. The van der Waals surface area contributed by atoms with Crippen LogP contribution >= 0.6 is 0 Å². The molecule has 2 aromatic heterocycles. The highest BCUT2D eigenvalue weighted by Crippen LogP contribution is 2.35. The van der Waals surface area contributed by atoms with Crippen LogP contribution in [0.15, 0.2) is 44.1 Å². The fourth-order valence-electron chi connectivity index (χ4n) is 3.24. The lowest BCUT2D eigenvalue weighted by Crippen LogP contribution is -2.30. The van der Waals surface area contributed by atoms with Gasteiger partial charge in [-0.2, -0.15) is 0 Å². The van der Waals surface area contributed by atoms with Crippen molar-refractivity contribution >= 4 is 5.91 Å². The van der Waals surface area contributed by atoms with Crippen LogP contribution in [0.1, 0.15) is 44.8 Å². The molecular formula is C21H20N2O6. The number of rotatable bonds is 4. The lowest BCUT2D eigenvalue weighted by atomic mass is 10.1. The van der Waals surface area contributed by atoms with Crippen molar-refractivity contribution in [2.24, 2.45) is 0 Å². The normalized spacial score (nSPS) is 15.2. The molecule has 1 aliphatic heterocycles. The first-order valence-electron chi connectivity index (χ1n) is 9.17. The van der Waals surface area contributed by atoms with Crippen molar-refractivity contribution in [1.29, 1.82) is 0 Å². The number of hydrogen-bond donors (Lipinski definition) is 1. The molecule has 1 amide bonds. The molecule has 1 unspecified atom stereocenters. The van der Waals surface area contributed by atoms with Crippen molar-refractivity contribution in [2.45, 2.75) is 33.4 Å². The first-order chi connectivity index (χ1) is 13.9. The molecule has 4 rings (SSSR count). The van der Waals surface area contributed by atoms with Gasteiger partial charge in [0.1, 0.15) is 17.9 Å². The zero-order chi connectivity index (χ0) is 20.5. The van der Waals surface area contributed by atoms with Gasteiger partial charge in [-0.1, -0.05) is 17.3 Å². The maximum Gasteiger partial charge on any atom is 0.349 e. The lowest BCUT2D eigenvalue weighted by molar-refractivity contribution is 0.0721. The third kappa shape index (κ3) is 3.61. The van der Waals surface area contributed by atoms with Gasteiger partial charge in [-0.3, -0.25) is 4.79 Å². The first kappa shape index (κ1) is 18.8. The molecule has 29 heavy (non-hydrogen) atoms. The second kappa shape index (κ2) is 7.46. The number of ether oxygens (including phenoxy) is 2. The number of fused-ring (bicyclic) bond motifs is 1. The minimum atomic E-state index is -0.723. The van der Waals surface area contributed by atoms with Crippen LogP contribution in [0.25, 0.3) is 0 Å². The zero-order valence-corrected chi connectivity index (χ0v) is 16.3. The lowest BCUT2D eigenvalue weighted by Gasteiger charge is -2.25. The summed E-state index contributed by atoms with van der Waals surface area (Å²) in [7, 11) is 0. The van der Waals surface area contributed by atoms with Crippen LogP contribution in [-0.2, 0) is 6.54 Å². The number of benzene rings is 1. The van der Waals surface area contributed by atoms with E-state index in [0.29, 0.717) is 34.3 Å². The molecule has 1 atom stereocenters. The largest absolute Gasteiger partial charge is 0.485 e. The summed E-state index contributed by atoms with van der Waals surface area (Å²) < 4.78 is 22.0. The number of carbonyl (C=O) groups is 1. The Morgan fingerprint density at radius 2 is 1.97 bits per heavy atom. The number of para-hydroxylation sites is 2.